The smallest absolute Gasteiger partial charge is 0.257 e. The van der Waals surface area contributed by atoms with Gasteiger partial charge in [-0.25, -0.2) is 0 Å². The fraction of sp³-hybridized carbons (Fsp3) is 0.300. The molecule has 0 aliphatic carbocycles. The number of carbonyl (C=O) groups excluding carboxylic acids is 1. The Morgan fingerprint density at radius 1 is 1.46 bits per heavy atom. The number of rotatable bonds is 1. The lowest BCUT2D eigenvalue weighted by molar-refractivity contribution is 0.0882. The summed E-state index contributed by atoms with van der Waals surface area (Å²) in [5.41, 5.74) is 1.40. The first-order valence-electron chi connectivity index (χ1n) is 4.27. The van der Waals surface area contributed by atoms with Crippen molar-refractivity contribution in [1.29, 1.82) is 0 Å². The fourth-order valence-electron chi connectivity index (χ4n) is 1.24. The average Bonchev–Trinajstić information content (AvgIpc) is 2.91. The average molecular weight is 177 g/mol. The van der Waals surface area contributed by atoms with Crippen molar-refractivity contribution in [3.63, 3.8) is 0 Å². The Bertz CT molecular complexity index is 356. The van der Waals surface area contributed by atoms with E-state index in [0.29, 0.717) is 5.56 Å². The van der Waals surface area contributed by atoms with E-state index in [0.717, 1.165) is 18.7 Å². The number of aromatic hydroxyl groups is 1. The highest BCUT2D eigenvalue weighted by Crippen LogP contribution is 2.22. The van der Waals surface area contributed by atoms with Gasteiger partial charge in [0.05, 0.1) is 5.56 Å². The summed E-state index contributed by atoms with van der Waals surface area (Å²) in [6, 6.07) is 5.07. The summed E-state index contributed by atoms with van der Waals surface area (Å²) in [5, 5.41) is 9.43. The summed E-state index contributed by atoms with van der Waals surface area (Å²) in [5.74, 6) is 0.00343. The van der Waals surface area contributed by atoms with E-state index in [1.807, 2.05) is 6.92 Å². The lowest BCUT2D eigenvalue weighted by atomic mass is 10.1. The molecule has 1 saturated heterocycles. The van der Waals surface area contributed by atoms with Crippen molar-refractivity contribution in [2.75, 3.05) is 13.1 Å². The van der Waals surface area contributed by atoms with Crippen LogP contribution in [0.25, 0.3) is 0 Å². The molecule has 1 aliphatic heterocycles. The van der Waals surface area contributed by atoms with Gasteiger partial charge in [0, 0.05) is 13.1 Å². The number of aryl methyl sites for hydroxylation is 1. The third-order valence-corrected chi connectivity index (χ3v) is 2.12. The third-order valence-electron chi connectivity index (χ3n) is 2.12. The SMILES string of the molecule is Cc1ccc(O)c(C(=O)N2CC2)c1. The molecule has 3 nitrogen and oxygen atoms in total. The zero-order chi connectivity index (χ0) is 9.42. The van der Waals surface area contributed by atoms with Gasteiger partial charge in [-0.1, -0.05) is 11.6 Å². The molecule has 0 radical (unpaired) electrons. The number of hydrogen-bond donors (Lipinski definition) is 1. The van der Waals surface area contributed by atoms with Gasteiger partial charge < -0.3 is 10.0 Å². The molecule has 13 heavy (non-hydrogen) atoms. The molecule has 0 aromatic heterocycles. The lowest BCUT2D eigenvalue weighted by Gasteiger charge is -2.04. The van der Waals surface area contributed by atoms with E-state index in [4.69, 9.17) is 0 Å². The number of amides is 1. The Morgan fingerprint density at radius 3 is 2.77 bits per heavy atom. The minimum Gasteiger partial charge on any atom is -0.507 e. The van der Waals surface area contributed by atoms with E-state index < -0.39 is 0 Å². The van der Waals surface area contributed by atoms with Crippen molar-refractivity contribution >= 4 is 5.91 Å². The lowest BCUT2D eigenvalue weighted by Crippen LogP contribution is -2.10. The van der Waals surface area contributed by atoms with Crippen molar-refractivity contribution in [2.45, 2.75) is 6.92 Å². The predicted octanol–water partition coefficient (Wildman–Crippen LogP) is 1.16. The summed E-state index contributed by atoms with van der Waals surface area (Å²) in [6.45, 7) is 3.52. The molecule has 1 heterocycles. The van der Waals surface area contributed by atoms with Gasteiger partial charge in [-0.2, -0.15) is 0 Å². The molecule has 2 rings (SSSR count). The first kappa shape index (κ1) is 8.10. The van der Waals surface area contributed by atoms with Crippen molar-refractivity contribution < 1.29 is 9.90 Å². The first-order chi connectivity index (χ1) is 6.18. The minimum absolute atomic E-state index is 0.0683. The van der Waals surface area contributed by atoms with Gasteiger partial charge in [0.25, 0.3) is 5.91 Å². The molecule has 1 fully saturated rings. The van der Waals surface area contributed by atoms with Crippen LogP contribution < -0.4 is 0 Å². The van der Waals surface area contributed by atoms with Gasteiger partial charge in [0.15, 0.2) is 0 Å². The molecule has 1 aromatic rings. The van der Waals surface area contributed by atoms with Gasteiger partial charge >= 0.3 is 0 Å². The molecule has 0 spiro atoms. The Labute approximate surface area is 76.6 Å². The zero-order valence-corrected chi connectivity index (χ0v) is 7.45. The summed E-state index contributed by atoms with van der Waals surface area (Å²) in [4.78, 5) is 13.2. The summed E-state index contributed by atoms with van der Waals surface area (Å²) >= 11 is 0. The Balaban J connectivity index is 2.37. The van der Waals surface area contributed by atoms with E-state index >= 15 is 0 Å². The molecule has 1 aliphatic rings. The van der Waals surface area contributed by atoms with Gasteiger partial charge in [0.1, 0.15) is 5.75 Å². The molecular formula is C10H11NO2. The van der Waals surface area contributed by atoms with Crippen LogP contribution in [-0.2, 0) is 0 Å². The van der Waals surface area contributed by atoms with Crippen molar-refractivity contribution in [3.8, 4) is 5.75 Å². The summed E-state index contributed by atoms with van der Waals surface area (Å²) in [7, 11) is 0. The second kappa shape index (κ2) is 2.76. The molecule has 0 bridgehead atoms. The van der Waals surface area contributed by atoms with Crippen LogP contribution in [0.5, 0.6) is 5.75 Å². The number of phenols is 1. The maximum absolute atomic E-state index is 11.5. The van der Waals surface area contributed by atoms with E-state index in [9.17, 15) is 9.90 Å². The quantitative estimate of drug-likeness (QED) is 0.654. The third kappa shape index (κ3) is 1.49. The molecule has 68 valence electrons. The Morgan fingerprint density at radius 2 is 2.15 bits per heavy atom. The highest BCUT2D eigenvalue weighted by atomic mass is 16.3. The second-order valence-corrected chi connectivity index (χ2v) is 3.31. The summed E-state index contributed by atoms with van der Waals surface area (Å²) < 4.78 is 0. The van der Waals surface area contributed by atoms with Gasteiger partial charge in [-0.05, 0) is 19.1 Å². The topological polar surface area (TPSA) is 40.3 Å². The monoisotopic (exact) mass is 177 g/mol. The molecular weight excluding hydrogens is 166 g/mol. The van der Waals surface area contributed by atoms with Crippen LogP contribution in [0.1, 0.15) is 15.9 Å². The largest absolute Gasteiger partial charge is 0.507 e. The first-order valence-corrected chi connectivity index (χ1v) is 4.27. The van der Waals surface area contributed by atoms with Crippen molar-refractivity contribution in [1.82, 2.24) is 4.90 Å². The number of benzene rings is 1. The zero-order valence-electron chi connectivity index (χ0n) is 7.45. The van der Waals surface area contributed by atoms with Gasteiger partial charge in [-0.3, -0.25) is 4.79 Å². The molecule has 0 unspecified atom stereocenters. The Kier molecular flexibility index (Phi) is 1.72. The van der Waals surface area contributed by atoms with Crippen LogP contribution in [0.2, 0.25) is 0 Å². The molecule has 1 aromatic carbocycles. The number of carbonyl (C=O) groups is 1. The van der Waals surface area contributed by atoms with Gasteiger partial charge in [-0.15, -0.1) is 0 Å². The van der Waals surface area contributed by atoms with Crippen LogP contribution in [0.4, 0.5) is 0 Å². The highest BCUT2D eigenvalue weighted by Gasteiger charge is 2.26. The molecule has 0 atom stereocenters. The van der Waals surface area contributed by atoms with E-state index in [-0.39, 0.29) is 11.7 Å². The number of nitrogens with zero attached hydrogens (tertiary/aromatic N) is 1. The highest BCUT2D eigenvalue weighted by molar-refractivity contribution is 5.98. The van der Waals surface area contributed by atoms with E-state index in [1.165, 1.54) is 0 Å². The van der Waals surface area contributed by atoms with E-state index in [1.54, 1.807) is 23.1 Å². The van der Waals surface area contributed by atoms with Crippen LogP contribution in [0.3, 0.4) is 0 Å². The van der Waals surface area contributed by atoms with Crippen LogP contribution in [0, 0.1) is 6.92 Å². The number of phenolic OH excluding ortho intramolecular Hbond substituents is 1. The second-order valence-electron chi connectivity index (χ2n) is 3.31. The minimum atomic E-state index is -0.0683. The molecule has 1 N–H and O–H groups in total. The Hall–Kier alpha value is -1.51. The van der Waals surface area contributed by atoms with Crippen molar-refractivity contribution in [2.24, 2.45) is 0 Å². The fourth-order valence-corrected chi connectivity index (χ4v) is 1.24. The van der Waals surface area contributed by atoms with Crippen LogP contribution in [-0.4, -0.2) is 29.0 Å². The maximum Gasteiger partial charge on any atom is 0.257 e. The maximum atomic E-state index is 11.5. The normalized spacial score (nSPS) is 14.4. The summed E-state index contributed by atoms with van der Waals surface area (Å²) in [6.07, 6.45) is 0. The van der Waals surface area contributed by atoms with Crippen LogP contribution in [0.15, 0.2) is 18.2 Å². The number of hydrogen-bond acceptors (Lipinski definition) is 2. The van der Waals surface area contributed by atoms with E-state index in [2.05, 4.69) is 0 Å². The molecule has 3 heteroatoms. The van der Waals surface area contributed by atoms with Gasteiger partial charge in [0.2, 0.25) is 0 Å². The predicted molar refractivity (Wildman–Crippen MR) is 48.7 cm³/mol. The standard InChI is InChI=1S/C10H11NO2/c1-7-2-3-9(12)8(6-7)10(13)11-4-5-11/h2-3,6,12H,4-5H2,1H3. The molecule has 0 saturated carbocycles. The van der Waals surface area contributed by atoms with Crippen molar-refractivity contribution in [3.05, 3.63) is 29.3 Å². The molecule has 1 amide bonds. The van der Waals surface area contributed by atoms with Crippen LogP contribution >= 0.6 is 0 Å².